The third-order valence-corrected chi connectivity index (χ3v) is 7.04. The molecule has 0 spiro atoms. The Morgan fingerprint density at radius 3 is 2.31 bits per heavy atom. The van der Waals surface area contributed by atoms with Crippen LogP contribution in [-0.4, -0.2) is 18.9 Å². The van der Waals surface area contributed by atoms with Crippen molar-refractivity contribution in [2.75, 3.05) is 17.7 Å². The quantitative estimate of drug-likeness (QED) is 0.226. The van der Waals surface area contributed by atoms with Crippen LogP contribution in [0.1, 0.15) is 21.2 Å². The average Bonchev–Trinajstić information content (AvgIpc) is 2.90. The molecule has 0 aliphatic carbocycles. The van der Waals surface area contributed by atoms with Gasteiger partial charge in [-0.25, -0.2) is 0 Å². The summed E-state index contributed by atoms with van der Waals surface area (Å²) in [7, 11) is 1.57. The number of amides is 2. The highest BCUT2D eigenvalue weighted by Gasteiger charge is 2.23. The minimum Gasteiger partial charge on any atom is -0.497 e. The summed E-state index contributed by atoms with van der Waals surface area (Å²) in [4.78, 5) is 26.9. The molecule has 1 unspecified atom stereocenters. The van der Waals surface area contributed by atoms with Gasteiger partial charge >= 0.3 is 0 Å². The number of benzene rings is 4. The molecule has 5 nitrogen and oxygen atoms in total. The summed E-state index contributed by atoms with van der Waals surface area (Å²) < 4.78 is 5.14. The molecule has 36 heavy (non-hydrogen) atoms. The maximum atomic E-state index is 13.4. The molecule has 0 aliphatic rings. The highest BCUT2D eigenvalue weighted by molar-refractivity contribution is 8.00. The van der Waals surface area contributed by atoms with Crippen molar-refractivity contribution in [2.45, 2.75) is 10.1 Å². The SMILES string of the molecule is COc1ccc(C(=O)Nc2cccc(SC(C(=O)Nc3cc(Cl)ccc3Cl)c3ccccc3)c2)cc1. The van der Waals surface area contributed by atoms with Crippen molar-refractivity contribution in [1.29, 1.82) is 0 Å². The third kappa shape index (κ3) is 6.61. The Kier molecular flexibility index (Phi) is 8.54. The molecule has 0 aliphatic heterocycles. The monoisotopic (exact) mass is 536 g/mol. The number of thioether (sulfide) groups is 1. The largest absolute Gasteiger partial charge is 0.497 e. The summed E-state index contributed by atoms with van der Waals surface area (Å²) >= 11 is 13.7. The van der Waals surface area contributed by atoms with Crippen molar-refractivity contribution >= 4 is 58.2 Å². The van der Waals surface area contributed by atoms with Crippen LogP contribution in [0.2, 0.25) is 10.0 Å². The van der Waals surface area contributed by atoms with E-state index in [1.807, 2.05) is 48.5 Å². The molecule has 0 fully saturated rings. The lowest BCUT2D eigenvalue weighted by atomic mass is 10.1. The first-order valence-electron chi connectivity index (χ1n) is 11.0. The lowest BCUT2D eigenvalue weighted by molar-refractivity contribution is -0.115. The van der Waals surface area contributed by atoms with Crippen LogP contribution in [0.15, 0.2) is 102 Å². The number of carbonyl (C=O) groups excluding carboxylic acids is 2. The number of anilines is 2. The zero-order chi connectivity index (χ0) is 25.5. The molecule has 8 heteroatoms. The van der Waals surface area contributed by atoms with E-state index in [-0.39, 0.29) is 11.8 Å². The van der Waals surface area contributed by atoms with E-state index in [4.69, 9.17) is 27.9 Å². The van der Waals surface area contributed by atoms with E-state index in [0.29, 0.717) is 32.7 Å². The maximum absolute atomic E-state index is 13.4. The minimum absolute atomic E-state index is 0.243. The van der Waals surface area contributed by atoms with Crippen molar-refractivity contribution in [1.82, 2.24) is 0 Å². The molecule has 0 radical (unpaired) electrons. The van der Waals surface area contributed by atoms with Gasteiger partial charge < -0.3 is 15.4 Å². The Morgan fingerprint density at radius 2 is 1.58 bits per heavy atom. The van der Waals surface area contributed by atoms with Crippen LogP contribution in [0, 0.1) is 0 Å². The molecular formula is C28H22Cl2N2O3S. The second kappa shape index (κ2) is 12.0. The van der Waals surface area contributed by atoms with Gasteiger partial charge in [-0.2, -0.15) is 0 Å². The van der Waals surface area contributed by atoms with Crippen LogP contribution in [0.25, 0.3) is 0 Å². The number of hydrogen-bond acceptors (Lipinski definition) is 4. The smallest absolute Gasteiger partial charge is 0.255 e. The van der Waals surface area contributed by atoms with E-state index in [0.717, 1.165) is 10.5 Å². The molecular weight excluding hydrogens is 515 g/mol. The van der Waals surface area contributed by atoms with E-state index < -0.39 is 5.25 Å². The lowest BCUT2D eigenvalue weighted by Crippen LogP contribution is -2.19. The predicted octanol–water partition coefficient (Wildman–Crippen LogP) is 7.73. The molecule has 0 aromatic heterocycles. The van der Waals surface area contributed by atoms with Gasteiger partial charge in [0.15, 0.2) is 0 Å². The van der Waals surface area contributed by atoms with Gasteiger partial charge in [-0.3, -0.25) is 9.59 Å². The third-order valence-electron chi connectivity index (χ3n) is 5.22. The number of halogens is 2. The number of hydrogen-bond donors (Lipinski definition) is 2. The van der Waals surface area contributed by atoms with Gasteiger partial charge in [0.1, 0.15) is 11.0 Å². The van der Waals surface area contributed by atoms with E-state index in [1.165, 1.54) is 11.8 Å². The van der Waals surface area contributed by atoms with Crippen molar-refractivity contribution in [3.63, 3.8) is 0 Å². The molecule has 0 heterocycles. The molecule has 0 saturated carbocycles. The first-order valence-corrected chi connectivity index (χ1v) is 12.6. The molecule has 4 aromatic carbocycles. The summed E-state index contributed by atoms with van der Waals surface area (Å²) in [5.41, 5.74) is 2.39. The van der Waals surface area contributed by atoms with E-state index in [9.17, 15) is 9.59 Å². The van der Waals surface area contributed by atoms with Crippen LogP contribution in [0.5, 0.6) is 5.75 Å². The zero-order valence-electron chi connectivity index (χ0n) is 19.2. The normalized spacial score (nSPS) is 11.4. The molecule has 1 atom stereocenters. The molecule has 4 aromatic rings. The van der Waals surface area contributed by atoms with Gasteiger partial charge in [0, 0.05) is 21.2 Å². The number of rotatable bonds is 8. The second-order valence-corrected chi connectivity index (χ2v) is 9.75. The summed E-state index contributed by atoms with van der Waals surface area (Å²) in [6.45, 7) is 0. The fourth-order valence-electron chi connectivity index (χ4n) is 3.42. The highest BCUT2D eigenvalue weighted by atomic mass is 35.5. The summed E-state index contributed by atoms with van der Waals surface area (Å²) in [6, 6.07) is 28.6. The molecule has 0 bridgehead atoms. The summed E-state index contributed by atoms with van der Waals surface area (Å²) in [5.74, 6) is 0.185. The van der Waals surface area contributed by atoms with E-state index in [2.05, 4.69) is 10.6 Å². The van der Waals surface area contributed by atoms with Crippen LogP contribution >= 0.6 is 35.0 Å². The van der Waals surface area contributed by atoms with Gasteiger partial charge in [-0.15, -0.1) is 11.8 Å². The van der Waals surface area contributed by atoms with Gasteiger partial charge in [0.25, 0.3) is 5.91 Å². The lowest BCUT2D eigenvalue weighted by Gasteiger charge is -2.18. The number of ether oxygens (including phenoxy) is 1. The van der Waals surface area contributed by atoms with Crippen molar-refractivity contribution in [3.8, 4) is 5.75 Å². The van der Waals surface area contributed by atoms with Crippen LogP contribution in [0.4, 0.5) is 11.4 Å². The fourth-order valence-corrected chi connectivity index (χ4v) is 4.84. The van der Waals surface area contributed by atoms with Gasteiger partial charge in [0.2, 0.25) is 5.91 Å². The molecule has 4 rings (SSSR count). The average molecular weight is 537 g/mol. The first-order chi connectivity index (χ1) is 17.4. The molecule has 2 amide bonds. The highest BCUT2D eigenvalue weighted by Crippen LogP contribution is 2.38. The van der Waals surface area contributed by atoms with Crippen molar-refractivity contribution in [2.24, 2.45) is 0 Å². The second-order valence-electron chi connectivity index (χ2n) is 7.73. The van der Waals surface area contributed by atoms with Gasteiger partial charge in [0.05, 0.1) is 17.8 Å². The number of carbonyl (C=O) groups is 2. The molecule has 182 valence electrons. The molecule has 2 N–H and O–H groups in total. The number of nitrogens with one attached hydrogen (secondary N) is 2. The van der Waals surface area contributed by atoms with Crippen molar-refractivity contribution in [3.05, 3.63) is 118 Å². The Bertz CT molecular complexity index is 1370. The van der Waals surface area contributed by atoms with Crippen LogP contribution in [-0.2, 0) is 4.79 Å². The van der Waals surface area contributed by atoms with E-state index >= 15 is 0 Å². The maximum Gasteiger partial charge on any atom is 0.255 e. The van der Waals surface area contributed by atoms with Crippen molar-refractivity contribution < 1.29 is 14.3 Å². The Balaban J connectivity index is 1.54. The Hall–Kier alpha value is -3.45. The molecule has 0 saturated heterocycles. The zero-order valence-corrected chi connectivity index (χ0v) is 21.5. The minimum atomic E-state index is -0.575. The van der Waals surface area contributed by atoms with Crippen LogP contribution in [0.3, 0.4) is 0 Å². The fraction of sp³-hybridized carbons (Fsp3) is 0.0714. The Labute approximate surface area is 223 Å². The predicted molar refractivity (Wildman–Crippen MR) is 148 cm³/mol. The van der Waals surface area contributed by atoms with Gasteiger partial charge in [-0.05, 0) is 66.2 Å². The first kappa shape index (κ1) is 25.6. The topological polar surface area (TPSA) is 67.4 Å². The Morgan fingerprint density at radius 1 is 0.833 bits per heavy atom. The summed E-state index contributed by atoms with van der Waals surface area (Å²) in [6.07, 6.45) is 0. The summed E-state index contributed by atoms with van der Waals surface area (Å²) in [5, 5.41) is 6.09. The standard InChI is InChI=1S/C28H22Cl2N2O3S/c1-35-22-13-10-19(11-14-22)27(33)31-21-8-5-9-23(17-21)36-26(18-6-3-2-4-7-18)28(34)32-25-16-20(29)12-15-24(25)30/h2-17,26H,1H3,(H,31,33)(H,32,34). The number of methoxy groups -OCH3 is 1. The van der Waals surface area contributed by atoms with Crippen LogP contribution < -0.4 is 15.4 Å². The van der Waals surface area contributed by atoms with E-state index in [1.54, 1.807) is 55.6 Å². The van der Waals surface area contributed by atoms with Gasteiger partial charge in [-0.1, -0.05) is 59.6 Å².